The monoisotopic (exact) mass is 543 g/mol. The minimum atomic E-state index is -3.95. The van der Waals surface area contributed by atoms with Crippen LogP contribution in [0.4, 0.5) is 5.69 Å². The van der Waals surface area contributed by atoms with Crippen molar-refractivity contribution in [3.8, 4) is 27.3 Å². The first-order valence-electron chi connectivity index (χ1n) is 12.6. The third kappa shape index (κ3) is 4.36. The van der Waals surface area contributed by atoms with Gasteiger partial charge in [0.05, 0.1) is 16.6 Å². The number of phenolic OH excluding ortho intramolecular Hbond substituents is 1. The molecule has 5 rings (SSSR count). The zero-order chi connectivity index (χ0) is 27.0. The van der Waals surface area contributed by atoms with Crippen LogP contribution in [0.1, 0.15) is 58.8 Å². The topological polar surface area (TPSA) is 74.7 Å². The van der Waals surface area contributed by atoms with Crippen LogP contribution >= 0.6 is 11.3 Å². The summed E-state index contributed by atoms with van der Waals surface area (Å²) in [5.74, 6) is 0.180. The van der Waals surface area contributed by atoms with Crippen LogP contribution in [0.3, 0.4) is 0 Å². The summed E-state index contributed by atoms with van der Waals surface area (Å²) in [5, 5.41) is 8.75. The van der Waals surface area contributed by atoms with E-state index in [1.165, 1.54) is 29.5 Å². The summed E-state index contributed by atoms with van der Waals surface area (Å²) in [5.41, 5.74) is 4.87. The van der Waals surface area contributed by atoms with Crippen molar-refractivity contribution in [2.24, 2.45) is 0 Å². The fourth-order valence-corrected chi connectivity index (χ4v) is 8.21. The molecular formula is C31H29NO4S2. The second kappa shape index (κ2) is 10.2. The van der Waals surface area contributed by atoms with E-state index in [0.29, 0.717) is 24.1 Å². The summed E-state index contributed by atoms with van der Waals surface area (Å²) >= 11 is 1.45. The number of rotatable bonds is 8. The first-order valence-corrected chi connectivity index (χ1v) is 14.9. The first kappa shape index (κ1) is 25.9. The quantitative estimate of drug-likeness (QED) is 0.181. The van der Waals surface area contributed by atoms with Crippen LogP contribution < -0.4 is 4.31 Å². The van der Waals surface area contributed by atoms with E-state index < -0.39 is 15.3 Å². The Balaban J connectivity index is 1.68. The molecule has 1 aromatic heterocycles. The van der Waals surface area contributed by atoms with Crippen molar-refractivity contribution in [1.82, 2.24) is 0 Å². The molecular weight excluding hydrogens is 514 g/mol. The van der Waals surface area contributed by atoms with E-state index in [1.807, 2.05) is 68.4 Å². The van der Waals surface area contributed by atoms with Gasteiger partial charge < -0.3 is 5.11 Å². The van der Waals surface area contributed by atoms with E-state index in [-0.39, 0.29) is 17.6 Å². The molecule has 1 aliphatic heterocycles. The molecule has 0 amide bonds. The van der Waals surface area contributed by atoms with Crippen molar-refractivity contribution in [3.63, 3.8) is 0 Å². The van der Waals surface area contributed by atoms with Gasteiger partial charge in [0, 0.05) is 16.9 Å². The Hall–Kier alpha value is -3.68. The van der Waals surface area contributed by atoms with Crippen LogP contribution in [0.2, 0.25) is 0 Å². The Morgan fingerprint density at radius 1 is 1.03 bits per heavy atom. The molecule has 1 N–H and O–H groups in total. The summed E-state index contributed by atoms with van der Waals surface area (Å²) < 4.78 is 30.3. The Morgan fingerprint density at radius 3 is 2.45 bits per heavy atom. The molecule has 2 unspecified atom stereocenters. The molecule has 0 spiro atoms. The fraction of sp³-hybridized carbons (Fsp3) is 0.194. The number of ketones is 1. The number of anilines is 1. The lowest BCUT2D eigenvalue weighted by Gasteiger charge is -2.40. The molecule has 7 heteroatoms. The number of aromatic hydroxyl groups is 1. The standard InChI is InChI=1S/C31H29NO4S2/c1-4-26-24-10-8-7-9-23(24)25-19-21(29-17-18-30(37-29)28(34)5-2)13-16-27(25)32(26)38(35,36)31(6-3)20-11-14-22(33)15-12-20/h6-19,26,31,33H,3-5H2,1-2H3. The van der Waals surface area contributed by atoms with Gasteiger partial charge >= 0.3 is 0 Å². The summed E-state index contributed by atoms with van der Waals surface area (Å²) in [6, 6.07) is 23.4. The minimum Gasteiger partial charge on any atom is -0.508 e. The average Bonchev–Trinajstić information content (AvgIpc) is 3.43. The highest BCUT2D eigenvalue weighted by molar-refractivity contribution is 7.93. The SMILES string of the molecule is C=CC(c1ccc(O)cc1)S(=O)(=O)N1c2ccc(-c3ccc(C(=O)CC)s3)cc2-c2ccccc2C1CC. The Morgan fingerprint density at radius 2 is 1.76 bits per heavy atom. The number of nitrogens with zero attached hydrogens (tertiary/aromatic N) is 1. The van der Waals surface area contributed by atoms with E-state index in [2.05, 4.69) is 6.58 Å². The molecule has 0 aliphatic carbocycles. The van der Waals surface area contributed by atoms with Crippen LogP contribution in [-0.2, 0) is 10.0 Å². The van der Waals surface area contributed by atoms with Gasteiger partial charge in [0.2, 0.25) is 10.0 Å². The number of carbonyl (C=O) groups excluding carboxylic acids is 1. The second-order valence-corrected chi connectivity index (χ2v) is 12.3. The van der Waals surface area contributed by atoms with Crippen LogP contribution in [0, 0.1) is 0 Å². The van der Waals surface area contributed by atoms with Gasteiger partial charge in [-0.15, -0.1) is 17.9 Å². The van der Waals surface area contributed by atoms with E-state index in [4.69, 9.17) is 0 Å². The number of hydrogen-bond acceptors (Lipinski definition) is 5. The summed E-state index contributed by atoms with van der Waals surface area (Å²) in [6.07, 6.45) is 2.49. The molecule has 194 valence electrons. The highest BCUT2D eigenvalue weighted by atomic mass is 32.2. The number of sulfonamides is 1. The van der Waals surface area contributed by atoms with E-state index in [9.17, 15) is 18.3 Å². The number of carbonyl (C=O) groups is 1. The normalized spacial score (nSPS) is 15.4. The first-order chi connectivity index (χ1) is 18.3. The molecule has 38 heavy (non-hydrogen) atoms. The predicted octanol–water partition coefficient (Wildman–Crippen LogP) is 7.91. The van der Waals surface area contributed by atoms with Crippen molar-refractivity contribution in [1.29, 1.82) is 0 Å². The van der Waals surface area contributed by atoms with Gasteiger partial charge in [-0.2, -0.15) is 0 Å². The molecule has 0 saturated heterocycles. The predicted molar refractivity (Wildman–Crippen MR) is 155 cm³/mol. The smallest absolute Gasteiger partial charge is 0.246 e. The summed E-state index contributed by atoms with van der Waals surface area (Å²) in [7, 11) is -3.95. The Labute approximate surface area is 227 Å². The molecule has 4 aromatic rings. The lowest BCUT2D eigenvalue weighted by atomic mass is 9.87. The molecule has 1 aliphatic rings. The summed E-state index contributed by atoms with van der Waals surface area (Å²) in [6.45, 7) is 7.70. The molecule has 2 atom stereocenters. The maximum absolute atomic E-state index is 14.4. The van der Waals surface area contributed by atoms with Crippen LogP contribution in [0.5, 0.6) is 5.75 Å². The highest BCUT2D eigenvalue weighted by Gasteiger charge is 2.41. The minimum absolute atomic E-state index is 0.0718. The fourth-order valence-electron chi connectivity index (χ4n) is 5.16. The van der Waals surface area contributed by atoms with Gasteiger partial charge in [0.25, 0.3) is 0 Å². The maximum Gasteiger partial charge on any atom is 0.246 e. The third-order valence-electron chi connectivity index (χ3n) is 7.03. The zero-order valence-electron chi connectivity index (χ0n) is 21.3. The third-order valence-corrected chi connectivity index (χ3v) is 10.3. The van der Waals surface area contributed by atoms with Gasteiger partial charge in [0.15, 0.2) is 5.78 Å². The number of fused-ring (bicyclic) bond motifs is 3. The molecule has 3 aromatic carbocycles. The zero-order valence-corrected chi connectivity index (χ0v) is 22.9. The largest absolute Gasteiger partial charge is 0.508 e. The van der Waals surface area contributed by atoms with E-state index in [0.717, 1.165) is 32.0 Å². The van der Waals surface area contributed by atoms with E-state index in [1.54, 1.807) is 16.4 Å². The number of phenols is 1. The molecule has 2 heterocycles. The van der Waals surface area contributed by atoms with Gasteiger partial charge in [-0.1, -0.05) is 62.4 Å². The lowest BCUT2D eigenvalue weighted by molar-refractivity contribution is 0.0992. The molecule has 0 saturated carbocycles. The van der Waals surface area contributed by atoms with Gasteiger partial charge in [-0.3, -0.25) is 9.10 Å². The molecule has 5 nitrogen and oxygen atoms in total. The highest BCUT2D eigenvalue weighted by Crippen LogP contribution is 2.50. The molecule has 0 radical (unpaired) electrons. The van der Waals surface area contributed by atoms with Crippen LogP contribution in [0.25, 0.3) is 21.6 Å². The summed E-state index contributed by atoms with van der Waals surface area (Å²) in [4.78, 5) is 13.9. The van der Waals surface area contributed by atoms with Crippen LogP contribution in [0.15, 0.2) is 91.5 Å². The number of benzene rings is 3. The van der Waals surface area contributed by atoms with E-state index >= 15 is 0 Å². The maximum atomic E-state index is 14.4. The average molecular weight is 544 g/mol. The Bertz CT molecular complexity index is 1620. The van der Waals surface area contributed by atoms with Crippen molar-refractivity contribution in [2.75, 3.05) is 4.31 Å². The number of hydrogen-bond donors (Lipinski definition) is 1. The van der Waals surface area contributed by atoms with Crippen molar-refractivity contribution in [3.05, 3.63) is 108 Å². The second-order valence-electron chi connectivity index (χ2n) is 9.27. The van der Waals surface area contributed by atoms with Crippen molar-refractivity contribution < 1.29 is 18.3 Å². The van der Waals surface area contributed by atoms with Gasteiger partial charge in [0.1, 0.15) is 11.0 Å². The Kier molecular flexibility index (Phi) is 6.99. The van der Waals surface area contributed by atoms with Crippen molar-refractivity contribution in [2.45, 2.75) is 38.0 Å². The lowest BCUT2D eigenvalue weighted by Crippen LogP contribution is -2.39. The van der Waals surface area contributed by atoms with Crippen molar-refractivity contribution >= 4 is 32.8 Å². The number of thiophene rings is 1. The van der Waals surface area contributed by atoms with Gasteiger partial charge in [-0.25, -0.2) is 8.42 Å². The van der Waals surface area contributed by atoms with Gasteiger partial charge in [-0.05, 0) is 65.1 Å². The molecule has 0 bridgehead atoms. The van der Waals surface area contributed by atoms with Crippen LogP contribution in [-0.4, -0.2) is 19.3 Å². The molecule has 0 fully saturated rings. The number of Topliss-reactive ketones (excluding diaryl/α,β-unsaturated/α-hetero) is 1.